The van der Waals surface area contributed by atoms with Gasteiger partial charge in [-0.15, -0.1) is 0 Å². The standard InChI is InChI=1S/C19H20FN3O3/c1-2-26-17-6-4-3-5-15(17)21-19(25)22-16-11-12-23(18(16)24)14-9-7-13(20)8-10-14/h3-10,16H,2,11-12H2,1H3,(H2,21,22,25)/t16-/m0/s1. The number of benzene rings is 2. The molecule has 3 rings (SSSR count). The summed E-state index contributed by atoms with van der Waals surface area (Å²) in [5.74, 6) is -0.0110. The highest BCUT2D eigenvalue weighted by Gasteiger charge is 2.33. The Labute approximate surface area is 150 Å². The first-order valence-electron chi connectivity index (χ1n) is 8.44. The maximum Gasteiger partial charge on any atom is 0.319 e. The molecule has 0 aliphatic carbocycles. The number of rotatable bonds is 5. The molecular weight excluding hydrogens is 337 g/mol. The average molecular weight is 357 g/mol. The molecular formula is C19H20FN3O3. The van der Waals surface area contributed by atoms with Crippen LogP contribution in [0.4, 0.5) is 20.6 Å². The highest BCUT2D eigenvalue weighted by Crippen LogP contribution is 2.24. The van der Waals surface area contributed by atoms with Crippen LogP contribution in [0.15, 0.2) is 48.5 Å². The number of nitrogens with one attached hydrogen (secondary N) is 2. The minimum absolute atomic E-state index is 0.218. The van der Waals surface area contributed by atoms with Gasteiger partial charge in [-0.05, 0) is 49.7 Å². The molecule has 1 saturated heterocycles. The van der Waals surface area contributed by atoms with Crippen LogP contribution in [0.3, 0.4) is 0 Å². The summed E-state index contributed by atoms with van der Waals surface area (Å²) in [7, 11) is 0. The lowest BCUT2D eigenvalue weighted by Gasteiger charge is -2.18. The summed E-state index contributed by atoms with van der Waals surface area (Å²) >= 11 is 0. The first-order chi connectivity index (χ1) is 12.6. The van der Waals surface area contributed by atoms with E-state index in [0.717, 1.165) is 0 Å². The van der Waals surface area contributed by atoms with Gasteiger partial charge in [0.1, 0.15) is 17.6 Å². The molecule has 26 heavy (non-hydrogen) atoms. The van der Waals surface area contributed by atoms with Crippen molar-refractivity contribution >= 4 is 23.3 Å². The zero-order valence-corrected chi connectivity index (χ0v) is 14.4. The number of hydrogen-bond donors (Lipinski definition) is 2. The zero-order chi connectivity index (χ0) is 18.5. The van der Waals surface area contributed by atoms with Crippen LogP contribution in [0.25, 0.3) is 0 Å². The van der Waals surface area contributed by atoms with Gasteiger partial charge in [0.05, 0.1) is 12.3 Å². The van der Waals surface area contributed by atoms with Crippen LogP contribution in [0.1, 0.15) is 13.3 Å². The quantitative estimate of drug-likeness (QED) is 0.864. The lowest BCUT2D eigenvalue weighted by Crippen LogP contribution is -2.43. The Morgan fingerprint density at radius 3 is 2.69 bits per heavy atom. The molecule has 0 saturated carbocycles. The minimum Gasteiger partial charge on any atom is -0.492 e. The van der Waals surface area contributed by atoms with Crippen molar-refractivity contribution in [3.05, 3.63) is 54.3 Å². The maximum absolute atomic E-state index is 13.0. The summed E-state index contributed by atoms with van der Waals surface area (Å²) in [5.41, 5.74) is 1.15. The van der Waals surface area contributed by atoms with Crippen LogP contribution in [0.5, 0.6) is 5.75 Å². The highest BCUT2D eigenvalue weighted by atomic mass is 19.1. The van der Waals surface area contributed by atoms with Crippen molar-refractivity contribution in [3.63, 3.8) is 0 Å². The molecule has 2 aromatic rings. The summed E-state index contributed by atoms with van der Waals surface area (Å²) in [6.45, 7) is 2.80. The van der Waals surface area contributed by atoms with Crippen molar-refractivity contribution in [2.24, 2.45) is 0 Å². The van der Waals surface area contributed by atoms with E-state index >= 15 is 0 Å². The summed E-state index contributed by atoms with van der Waals surface area (Å²) in [5, 5.41) is 5.40. The summed E-state index contributed by atoms with van der Waals surface area (Å²) in [4.78, 5) is 26.3. The number of urea groups is 1. The second-order valence-electron chi connectivity index (χ2n) is 5.84. The molecule has 1 aliphatic rings. The van der Waals surface area contributed by atoms with Crippen molar-refractivity contribution in [3.8, 4) is 5.75 Å². The maximum atomic E-state index is 13.0. The van der Waals surface area contributed by atoms with Gasteiger partial charge in [0.25, 0.3) is 0 Å². The van der Waals surface area contributed by atoms with Gasteiger partial charge in [-0.2, -0.15) is 0 Å². The van der Waals surface area contributed by atoms with E-state index in [1.165, 1.54) is 12.1 Å². The van der Waals surface area contributed by atoms with E-state index in [9.17, 15) is 14.0 Å². The van der Waals surface area contributed by atoms with Crippen molar-refractivity contribution in [2.75, 3.05) is 23.4 Å². The predicted molar refractivity (Wildman–Crippen MR) is 96.9 cm³/mol. The normalized spacial score (nSPS) is 16.5. The topological polar surface area (TPSA) is 70.7 Å². The van der Waals surface area contributed by atoms with E-state index in [0.29, 0.717) is 36.7 Å². The average Bonchev–Trinajstić information content (AvgIpc) is 2.98. The molecule has 6 nitrogen and oxygen atoms in total. The summed E-state index contributed by atoms with van der Waals surface area (Å²) in [6.07, 6.45) is 0.483. The fourth-order valence-corrected chi connectivity index (χ4v) is 2.86. The van der Waals surface area contributed by atoms with E-state index in [1.807, 2.05) is 13.0 Å². The van der Waals surface area contributed by atoms with Crippen molar-refractivity contribution < 1.29 is 18.7 Å². The number of amides is 3. The lowest BCUT2D eigenvalue weighted by atomic mass is 10.2. The molecule has 3 amide bonds. The number of ether oxygens (including phenoxy) is 1. The SMILES string of the molecule is CCOc1ccccc1NC(=O)N[C@H]1CCN(c2ccc(F)cc2)C1=O. The molecule has 2 N–H and O–H groups in total. The number of hydrogen-bond acceptors (Lipinski definition) is 3. The van der Waals surface area contributed by atoms with Gasteiger partial charge in [0, 0.05) is 12.2 Å². The molecule has 0 radical (unpaired) electrons. The highest BCUT2D eigenvalue weighted by molar-refractivity contribution is 6.02. The molecule has 0 spiro atoms. The fraction of sp³-hybridized carbons (Fsp3) is 0.263. The first kappa shape index (κ1) is 17.7. The third kappa shape index (κ3) is 3.93. The Morgan fingerprint density at radius 1 is 1.23 bits per heavy atom. The Hall–Kier alpha value is -3.09. The third-order valence-corrected chi connectivity index (χ3v) is 4.08. The van der Waals surface area contributed by atoms with Gasteiger partial charge in [-0.1, -0.05) is 12.1 Å². The Morgan fingerprint density at radius 2 is 1.96 bits per heavy atom. The van der Waals surface area contributed by atoms with Gasteiger partial charge in [0.15, 0.2) is 0 Å². The summed E-state index contributed by atoms with van der Waals surface area (Å²) < 4.78 is 18.5. The number of para-hydroxylation sites is 2. The van der Waals surface area contributed by atoms with Gasteiger partial charge in [-0.25, -0.2) is 9.18 Å². The van der Waals surface area contributed by atoms with Crippen LogP contribution >= 0.6 is 0 Å². The molecule has 0 unspecified atom stereocenters. The molecule has 7 heteroatoms. The zero-order valence-electron chi connectivity index (χ0n) is 14.4. The van der Waals surface area contributed by atoms with Crippen LogP contribution in [-0.4, -0.2) is 31.1 Å². The second kappa shape index (κ2) is 7.86. The molecule has 1 heterocycles. The molecule has 1 atom stereocenters. The molecule has 0 aromatic heterocycles. The molecule has 1 aliphatic heterocycles. The van der Waals surface area contributed by atoms with E-state index < -0.39 is 12.1 Å². The Balaban J connectivity index is 1.62. The number of anilines is 2. The van der Waals surface area contributed by atoms with Crippen LogP contribution < -0.4 is 20.3 Å². The van der Waals surface area contributed by atoms with Crippen molar-refractivity contribution in [2.45, 2.75) is 19.4 Å². The molecule has 0 bridgehead atoms. The first-order valence-corrected chi connectivity index (χ1v) is 8.44. The minimum atomic E-state index is -0.626. The van der Waals surface area contributed by atoms with Crippen LogP contribution in [0.2, 0.25) is 0 Å². The largest absolute Gasteiger partial charge is 0.492 e. The van der Waals surface area contributed by atoms with E-state index in [-0.39, 0.29) is 11.7 Å². The fourth-order valence-electron chi connectivity index (χ4n) is 2.86. The number of carbonyl (C=O) groups excluding carboxylic acids is 2. The monoisotopic (exact) mass is 357 g/mol. The van der Waals surface area contributed by atoms with Gasteiger partial charge >= 0.3 is 6.03 Å². The van der Waals surface area contributed by atoms with Crippen LogP contribution in [0, 0.1) is 5.82 Å². The van der Waals surface area contributed by atoms with Crippen LogP contribution in [-0.2, 0) is 4.79 Å². The van der Waals surface area contributed by atoms with E-state index in [1.54, 1.807) is 35.2 Å². The summed E-state index contributed by atoms with van der Waals surface area (Å²) in [6, 6.07) is 11.7. The van der Waals surface area contributed by atoms with Crippen molar-refractivity contribution in [1.29, 1.82) is 0 Å². The molecule has 136 valence electrons. The van der Waals surface area contributed by atoms with Gasteiger partial charge < -0.3 is 20.3 Å². The number of nitrogens with zero attached hydrogens (tertiary/aromatic N) is 1. The predicted octanol–water partition coefficient (Wildman–Crippen LogP) is 3.15. The third-order valence-electron chi connectivity index (χ3n) is 4.08. The number of carbonyl (C=O) groups is 2. The second-order valence-corrected chi connectivity index (χ2v) is 5.84. The van der Waals surface area contributed by atoms with Crippen molar-refractivity contribution in [1.82, 2.24) is 5.32 Å². The van der Waals surface area contributed by atoms with E-state index in [2.05, 4.69) is 10.6 Å². The van der Waals surface area contributed by atoms with Gasteiger partial charge in [-0.3, -0.25) is 4.79 Å². The van der Waals surface area contributed by atoms with Gasteiger partial charge in [0.2, 0.25) is 5.91 Å². The lowest BCUT2D eigenvalue weighted by molar-refractivity contribution is -0.118. The number of halogens is 1. The smallest absolute Gasteiger partial charge is 0.319 e. The Kier molecular flexibility index (Phi) is 5.36. The Bertz CT molecular complexity index is 795. The molecule has 2 aromatic carbocycles. The molecule has 1 fully saturated rings. The van der Waals surface area contributed by atoms with E-state index in [4.69, 9.17) is 4.74 Å².